The van der Waals surface area contributed by atoms with Gasteiger partial charge >= 0.3 is 0 Å². The van der Waals surface area contributed by atoms with E-state index in [1.54, 1.807) is 55.5 Å². The molecule has 6 nitrogen and oxygen atoms in total. The molecule has 0 aliphatic carbocycles. The number of aryl methyl sites for hydroxylation is 3. The quantitative estimate of drug-likeness (QED) is 0.289. The van der Waals surface area contributed by atoms with Crippen molar-refractivity contribution < 1.29 is 23.8 Å². The number of anilines is 1. The number of hydrogen-bond donors (Lipinski definition) is 1. The summed E-state index contributed by atoms with van der Waals surface area (Å²) in [6, 6.07) is 12.7. The molecular weight excluding hydrogens is 442 g/mol. The number of carbonyl (C=O) groups is 2. The fraction of sp³-hybridized carbons (Fsp3) is 0.231. The van der Waals surface area contributed by atoms with Gasteiger partial charge in [0.05, 0.1) is 12.2 Å². The van der Waals surface area contributed by atoms with Crippen LogP contribution in [0.5, 0.6) is 5.75 Å². The fourth-order valence-corrected chi connectivity index (χ4v) is 4.14. The topological polar surface area (TPSA) is 80.0 Å². The maximum absolute atomic E-state index is 13.2. The minimum atomic E-state index is -0.940. The van der Waals surface area contributed by atoms with Crippen LogP contribution in [0.25, 0.3) is 5.76 Å². The summed E-state index contributed by atoms with van der Waals surface area (Å²) in [5.74, 6) is -0.170. The lowest BCUT2D eigenvalue weighted by Crippen LogP contribution is -2.29. The smallest absolute Gasteiger partial charge is 0.300 e. The highest BCUT2D eigenvalue weighted by molar-refractivity contribution is 6.51. The van der Waals surface area contributed by atoms with Crippen LogP contribution in [-0.2, 0) is 9.59 Å². The first-order valence-electron chi connectivity index (χ1n) is 10.6. The molecule has 1 aliphatic rings. The average Bonchev–Trinajstić information content (AvgIpc) is 3.32. The van der Waals surface area contributed by atoms with E-state index in [0.29, 0.717) is 40.2 Å². The van der Waals surface area contributed by atoms with Crippen LogP contribution in [0.4, 0.5) is 5.69 Å². The SMILES string of the molecule is CCOc1ccc(/C(O)=C2/C(=O)C(=O)N(c3ccc(C)c(Cl)c3)C2c2ccc(C)o2)cc1C. The Bertz CT molecular complexity index is 1290. The molecule has 4 rings (SSSR count). The maximum atomic E-state index is 13.2. The lowest BCUT2D eigenvalue weighted by atomic mass is 9.98. The third kappa shape index (κ3) is 4.02. The van der Waals surface area contributed by atoms with E-state index in [1.807, 2.05) is 20.8 Å². The molecule has 170 valence electrons. The molecule has 3 aromatic rings. The van der Waals surface area contributed by atoms with Gasteiger partial charge in [-0.15, -0.1) is 0 Å². The van der Waals surface area contributed by atoms with Crippen molar-refractivity contribution in [2.24, 2.45) is 0 Å². The van der Waals surface area contributed by atoms with Crippen LogP contribution in [0.15, 0.2) is 58.5 Å². The van der Waals surface area contributed by atoms with Crippen LogP contribution >= 0.6 is 11.6 Å². The van der Waals surface area contributed by atoms with Gasteiger partial charge in [0.1, 0.15) is 29.1 Å². The molecule has 1 aliphatic heterocycles. The van der Waals surface area contributed by atoms with Crippen LogP contribution in [0, 0.1) is 20.8 Å². The van der Waals surface area contributed by atoms with Crippen molar-refractivity contribution in [2.45, 2.75) is 33.7 Å². The molecule has 7 heteroatoms. The van der Waals surface area contributed by atoms with E-state index in [-0.39, 0.29) is 11.3 Å². The van der Waals surface area contributed by atoms with E-state index < -0.39 is 17.7 Å². The number of amides is 1. The summed E-state index contributed by atoms with van der Waals surface area (Å²) < 4.78 is 11.4. The Balaban J connectivity index is 1.90. The van der Waals surface area contributed by atoms with Gasteiger partial charge in [0, 0.05) is 16.3 Å². The van der Waals surface area contributed by atoms with Crippen LogP contribution in [-0.4, -0.2) is 23.4 Å². The Morgan fingerprint density at radius 3 is 2.42 bits per heavy atom. The third-order valence-electron chi connectivity index (χ3n) is 5.66. The molecule has 0 bridgehead atoms. The van der Waals surface area contributed by atoms with Crippen molar-refractivity contribution in [1.29, 1.82) is 0 Å². The zero-order valence-electron chi connectivity index (χ0n) is 18.8. The van der Waals surface area contributed by atoms with E-state index in [2.05, 4.69) is 0 Å². The summed E-state index contributed by atoms with van der Waals surface area (Å²) in [5.41, 5.74) is 2.44. The maximum Gasteiger partial charge on any atom is 0.300 e. The van der Waals surface area contributed by atoms with Gasteiger partial charge in [-0.05, 0) is 81.3 Å². The number of aliphatic hydroxyl groups excluding tert-OH is 1. The minimum absolute atomic E-state index is 0.0467. The summed E-state index contributed by atoms with van der Waals surface area (Å²) in [6.07, 6.45) is 0. The normalized spacial score (nSPS) is 17.6. The van der Waals surface area contributed by atoms with Crippen molar-refractivity contribution in [3.05, 3.63) is 87.3 Å². The van der Waals surface area contributed by atoms with E-state index >= 15 is 0 Å². The number of furan rings is 1. The number of hydrogen-bond acceptors (Lipinski definition) is 5. The number of ether oxygens (including phenoxy) is 1. The number of aliphatic hydroxyl groups is 1. The highest BCUT2D eigenvalue weighted by atomic mass is 35.5. The monoisotopic (exact) mass is 465 g/mol. The number of rotatable bonds is 5. The minimum Gasteiger partial charge on any atom is -0.507 e. The first kappa shape index (κ1) is 22.7. The first-order chi connectivity index (χ1) is 15.7. The largest absolute Gasteiger partial charge is 0.507 e. The predicted molar refractivity (Wildman–Crippen MR) is 127 cm³/mol. The Morgan fingerprint density at radius 1 is 1.06 bits per heavy atom. The van der Waals surface area contributed by atoms with Crippen LogP contribution in [0.2, 0.25) is 5.02 Å². The molecule has 0 radical (unpaired) electrons. The van der Waals surface area contributed by atoms with E-state index in [4.69, 9.17) is 20.8 Å². The average molecular weight is 466 g/mol. The molecule has 0 spiro atoms. The molecule has 0 saturated carbocycles. The molecule has 1 unspecified atom stereocenters. The summed E-state index contributed by atoms with van der Waals surface area (Å²) in [6.45, 7) is 7.86. The number of ketones is 1. The Labute approximate surface area is 197 Å². The molecule has 1 fully saturated rings. The van der Waals surface area contributed by atoms with Gasteiger partial charge in [0.25, 0.3) is 11.7 Å². The van der Waals surface area contributed by atoms with Gasteiger partial charge in [0.15, 0.2) is 0 Å². The van der Waals surface area contributed by atoms with Crippen LogP contribution in [0.1, 0.15) is 41.2 Å². The number of benzene rings is 2. The van der Waals surface area contributed by atoms with Gasteiger partial charge in [-0.1, -0.05) is 17.7 Å². The van der Waals surface area contributed by atoms with Crippen molar-refractivity contribution >= 4 is 34.7 Å². The van der Waals surface area contributed by atoms with Crippen LogP contribution < -0.4 is 9.64 Å². The van der Waals surface area contributed by atoms with Crippen LogP contribution in [0.3, 0.4) is 0 Å². The van der Waals surface area contributed by atoms with E-state index in [9.17, 15) is 14.7 Å². The highest BCUT2D eigenvalue weighted by Gasteiger charge is 2.48. The molecule has 1 amide bonds. The number of carbonyl (C=O) groups excluding carboxylic acids is 2. The lowest BCUT2D eigenvalue weighted by Gasteiger charge is -2.24. The van der Waals surface area contributed by atoms with Crippen molar-refractivity contribution in [2.75, 3.05) is 11.5 Å². The molecule has 2 heterocycles. The molecule has 1 atom stereocenters. The number of nitrogens with zero attached hydrogens (tertiary/aromatic N) is 1. The zero-order chi connectivity index (χ0) is 23.9. The summed E-state index contributed by atoms with van der Waals surface area (Å²) in [4.78, 5) is 27.7. The fourth-order valence-electron chi connectivity index (χ4n) is 3.97. The summed E-state index contributed by atoms with van der Waals surface area (Å²) in [5, 5.41) is 11.7. The molecule has 2 aromatic carbocycles. The van der Waals surface area contributed by atoms with E-state index in [0.717, 1.165) is 11.1 Å². The van der Waals surface area contributed by atoms with Gasteiger partial charge in [0.2, 0.25) is 0 Å². The second-order valence-corrected chi connectivity index (χ2v) is 8.37. The predicted octanol–water partition coefficient (Wildman–Crippen LogP) is 5.88. The Morgan fingerprint density at radius 2 is 1.82 bits per heavy atom. The summed E-state index contributed by atoms with van der Waals surface area (Å²) >= 11 is 6.31. The van der Waals surface area contributed by atoms with Gasteiger partial charge in [-0.25, -0.2) is 0 Å². The van der Waals surface area contributed by atoms with E-state index in [1.165, 1.54) is 4.90 Å². The van der Waals surface area contributed by atoms with Gasteiger partial charge < -0.3 is 14.3 Å². The second-order valence-electron chi connectivity index (χ2n) is 7.96. The Hall–Kier alpha value is -3.51. The molecule has 1 saturated heterocycles. The number of Topliss-reactive ketones (excluding diaryl/α,β-unsaturated/α-hetero) is 1. The lowest BCUT2D eigenvalue weighted by molar-refractivity contribution is -0.132. The first-order valence-corrected chi connectivity index (χ1v) is 11.0. The molecule has 33 heavy (non-hydrogen) atoms. The standard InChI is InChI=1S/C26H24ClNO5/c1-5-32-20-11-8-17(12-15(20)3)24(29)22-23(21-10-7-16(4)33-21)28(26(31)25(22)30)18-9-6-14(2)19(27)13-18/h6-13,23,29H,5H2,1-4H3/b24-22-. The summed E-state index contributed by atoms with van der Waals surface area (Å²) in [7, 11) is 0. The van der Waals surface area contributed by atoms with Crippen molar-refractivity contribution in [1.82, 2.24) is 0 Å². The molecule has 1 N–H and O–H groups in total. The highest BCUT2D eigenvalue weighted by Crippen LogP contribution is 2.43. The molecular formula is C26H24ClNO5. The second kappa shape index (κ2) is 8.79. The van der Waals surface area contributed by atoms with Crippen molar-refractivity contribution in [3.63, 3.8) is 0 Å². The van der Waals surface area contributed by atoms with Crippen molar-refractivity contribution in [3.8, 4) is 5.75 Å². The number of halogens is 1. The molecule has 1 aromatic heterocycles. The third-order valence-corrected chi connectivity index (χ3v) is 6.06. The Kier molecular flexibility index (Phi) is 6.04. The van der Waals surface area contributed by atoms with Gasteiger partial charge in [-0.3, -0.25) is 14.5 Å². The van der Waals surface area contributed by atoms with Gasteiger partial charge in [-0.2, -0.15) is 0 Å². The zero-order valence-corrected chi connectivity index (χ0v) is 19.6.